The number of aromatic nitrogens is 3. The van der Waals surface area contributed by atoms with Crippen LogP contribution in [0.15, 0.2) is 35.4 Å². The summed E-state index contributed by atoms with van der Waals surface area (Å²) in [7, 11) is 0. The highest BCUT2D eigenvalue weighted by Gasteiger charge is 2.29. The fourth-order valence-corrected chi connectivity index (χ4v) is 3.19. The molecule has 26 heavy (non-hydrogen) atoms. The van der Waals surface area contributed by atoms with Gasteiger partial charge in [-0.25, -0.2) is 4.98 Å². The van der Waals surface area contributed by atoms with Crippen LogP contribution in [0.2, 0.25) is 0 Å². The lowest BCUT2D eigenvalue weighted by atomic mass is 10.1. The molecule has 1 aliphatic heterocycles. The van der Waals surface area contributed by atoms with Gasteiger partial charge in [-0.15, -0.1) is 0 Å². The number of aromatic amines is 1. The van der Waals surface area contributed by atoms with Crippen molar-refractivity contribution in [3.05, 3.63) is 52.2 Å². The zero-order valence-electron chi connectivity index (χ0n) is 14.9. The molecule has 1 amide bonds. The van der Waals surface area contributed by atoms with Crippen LogP contribution < -0.4 is 16.2 Å². The minimum atomic E-state index is -0.317. The maximum Gasteiger partial charge on any atom is 0.252 e. The summed E-state index contributed by atoms with van der Waals surface area (Å²) < 4.78 is 0. The molecule has 0 saturated carbocycles. The van der Waals surface area contributed by atoms with Crippen molar-refractivity contribution < 1.29 is 4.79 Å². The van der Waals surface area contributed by atoms with Crippen molar-refractivity contribution in [2.75, 3.05) is 31.5 Å². The predicted molar refractivity (Wildman–Crippen MR) is 98.9 cm³/mol. The van der Waals surface area contributed by atoms with Crippen molar-refractivity contribution in [1.82, 2.24) is 25.2 Å². The highest BCUT2D eigenvalue weighted by Crippen LogP contribution is 2.24. The van der Waals surface area contributed by atoms with Gasteiger partial charge in [0.05, 0.1) is 0 Å². The molecule has 2 aromatic rings. The Morgan fingerprint density at radius 2 is 2.15 bits per heavy atom. The van der Waals surface area contributed by atoms with E-state index in [1.807, 2.05) is 12.1 Å². The summed E-state index contributed by atoms with van der Waals surface area (Å²) >= 11 is 0. The van der Waals surface area contributed by atoms with Crippen molar-refractivity contribution in [2.24, 2.45) is 0 Å². The molecule has 3 N–H and O–H groups in total. The van der Waals surface area contributed by atoms with Crippen LogP contribution in [0.25, 0.3) is 0 Å². The van der Waals surface area contributed by atoms with Gasteiger partial charge in [0.15, 0.2) is 0 Å². The molecule has 0 aromatic carbocycles. The number of rotatable bonds is 7. The molecule has 1 fully saturated rings. The number of anilines is 1. The van der Waals surface area contributed by atoms with Gasteiger partial charge in [-0.1, -0.05) is 6.07 Å². The van der Waals surface area contributed by atoms with Gasteiger partial charge in [0.2, 0.25) is 11.9 Å². The van der Waals surface area contributed by atoms with E-state index in [-0.39, 0.29) is 17.5 Å². The average Bonchev–Trinajstić information content (AvgIpc) is 3.13. The van der Waals surface area contributed by atoms with E-state index < -0.39 is 0 Å². The molecule has 1 saturated heterocycles. The van der Waals surface area contributed by atoms with Crippen molar-refractivity contribution in [2.45, 2.75) is 25.8 Å². The third kappa shape index (κ3) is 4.66. The highest BCUT2D eigenvalue weighted by atomic mass is 16.2. The smallest absolute Gasteiger partial charge is 0.252 e. The van der Waals surface area contributed by atoms with Gasteiger partial charge >= 0.3 is 0 Å². The fourth-order valence-electron chi connectivity index (χ4n) is 3.19. The number of pyridine rings is 1. The first-order chi connectivity index (χ1) is 12.6. The number of carbonyl (C=O) groups is 1. The molecule has 0 spiro atoms. The molecular formula is C18H24N6O2. The van der Waals surface area contributed by atoms with E-state index in [1.165, 1.54) is 6.07 Å². The lowest BCUT2D eigenvalue weighted by molar-refractivity contribution is -0.126. The van der Waals surface area contributed by atoms with Crippen molar-refractivity contribution in [3.63, 3.8) is 0 Å². The monoisotopic (exact) mass is 356 g/mol. The molecular weight excluding hydrogens is 332 g/mol. The third-order valence-corrected chi connectivity index (χ3v) is 4.34. The van der Waals surface area contributed by atoms with Crippen LogP contribution in [0.1, 0.15) is 30.1 Å². The quantitative estimate of drug-likeness (QED) is 0.635. The van der Waals surface area contributed by atoms with Gasteiger partial charge in [0.1, 0.15) is 6.04 Å². The first kappa shape index (κ1) is 18.1. The van der Waals surface area contributed by atoms with Gasteiger partial charge in [0.25, 0.3) is 5.56 Å². The fraction of sp³-hybridized carbons (Fsp3) is 0.444. The summed E-state index contributed by atoms with van der Waals surface area (Å²) in [6.07, 6.45) is 5.68. The SMILES string of the molecule is Cc1cc(=O)[nH]c(NCCNC(=O)C(c2cccnc2)N2CCCC2)n1. The van der Waals surface area contributed by atoms with E-state index in [1.54, 1.807) is 19.3 Å². The van der Waals surface area contributed by atoms with E-state index >= 15 is 0 Å². The molecule has 1 atom stereocenters. The third-order valence-electron chi connectivity index (χ3n) is 4.34. The highest BCUT2D eigenvalue weighted by molar-refractivity contribution is 5.83. The summed E-state index contributed by atoms with van der Waals surface area (Å²) in [6, 6.07) is 4.91. The minimum Gasteiger partial charge on any atom is -0.354 e. The second-order valence-electron chi connectivity index (χ2n) is 6.39. The van der Waals surface area contributed by atoms with Crippen LogP contribution >= 0.6 is 0 Å². The number of amides is 1. The van der Waals surface area contributed by atoms with Crippen molar-refractivity contribution in [3.8, 4) is 0 Å². The van der Waals surface area contributed by atoms with Crippen LogP contribution in [0.5, 0.6) is 0 Å². The molecule has 138 valence electrons. The molecule has 0 radical (unpaired) electrons. The van der Waals surface area contributed by atoms with E-state index in [2.05, 4.69) is 30.5 Å². The second-order valence-corrected chi connectivity index (χ2v) is 6.39. The number of hydrogen-bond donors (Lipinski definition) is 3. The molecule has 0 aliphatic carbocycles. The Hall–Kier alpha value is -2.74. The first-order valence-corrected chi connectivity index (χ1v) is 8.87. The summed E-state index contributed by atoms with van der Waals surface area (Å²) in [4.78, 5) is 37.4. The van der Waals surface area contributed by atoms with E-state index in [9.17, 15) is 9.59 Å². The Balaban J connectivity index is 1.57. The summed E-state index contributed by atoms with van der Waals surface area (Å²) in [5.74, 6) is 0.375. The molecule has 3 heterocycles. The normalized spacial score (nSPS) is 15.6. The van der Waals surface area contributed by atoms with Gasteiger partial charge < -0.3 is 10.6 Å². The van der Waals surface area contributed by atoms with E-state index in [4.69, 9.17) is 0 Å². The topological polar surface area (TPSA) is 103 Å². The lowest BCUT2D eigenvalue weighted by Crippen LogP contribution is -2.41. The Morgan fingerprint density at radius 3 is 2.85 bits per heavy atom. The Kier molecular flexibility index (Phi) is 5.96. The predicted octanol–water partition coefficient (Wildman–Crippen LogP) is 0.839. The van der Waals surface area contributed by atoms with Crippen LogP contribution in [-0.4, -0.2) is 51.9 Å². The van der Waals surface area contributed by atoms with Gasteiger partial charge in [-0.3, -0.25) is 24.5 Å². The average molecular weight is 356 g/mol. The molecule has 8 heteroatoms. The van der Waals surface area contributed by atoms with E-state index in [0.29, 0.717) is 24.7 Å². The van der Waals surface area contributed by atoms with Crippen LogP contribution in [-0.2, 0) is 4.79 Å². The number of nitrogens with one attached hydrogen (secondary N) is 3. The van der Waals surface area contributed by atoms with Crippen molar-refractivity contribution >= 4 is 11.9 Å². The number of likely N-dealkylation sites (tertiary alicyclic amines) is 1. The van der Waals surface area contributed by atoms with Gasteiger partial charge in [-0.2, -0.15) is 0 Å². The number of hydrogen-bond acceptors (Lipinski definition) is 6. The summed E-state index contributed by atoms with van der Waals surface area (Å²) in [5, 5.41) is 5.99. The maximum atomic E-state index is 12.8. The Bertz CT molecular complexity index is 786. The zero-order chi connectivity index (χ0) is 18.4. The molecule has 2 aromatic heterocycles. The molecule has 1 aliphatic rings. The van der Waals surface area contributed by atoms with Crippen molar-refractivity contribution in [1.29, 1.82) is 0 Å². The molecule has 8 nitrogen and oxygen atoms in total. The number of nitrogens with zero attached hydrogens (tertiary/aromatic N) is 3. The summed E-state index contributed by atoms with van der Waals surface area (Å²) in [5.41, 5.74) is 1.35. The van der Waals surface area contributed by atoms with Crippen LogP contribution in [0.4, 0.5) is 5.95 Å². The minimum absolute atomic E-state index is 0.0348. The Labute approximate surface area is 152 Å². The molecule has 3 rings (SSSR count). The Morgan fingerprint density at radius 1 is 1.35 bits per heavy atom. The van der Waals surface area contributed by atoms with Gasteiger partial charge in [0, 0.05) is 37.2 Å². The van der Waals surface area contributed by atoms with Crippen LogP contribution in [0, 0.1) is 6.92 Å². The second kappa shape index (κ2) is 8.57. The number of aryl methyl sites for hydroxylation is 1. The maximum absolute atomic E-state index is 12.8. The lowest BCUT2D eigenvalue weighted by Gasteiger charge is -2.26. The van der Waals surface area contributed by atoms with Crippen LogP contribution in [0.3, 0.4) is 0 Å². The van der Waals surface area contributed by atoms with E-state index in [0.717, 1.165) is 31.5 Å². The number of H-pyrrole nitrogens is 1. The first-order valence-electron chi connectivity index (χ1n) is 8.87. The standard InChI is InChI=1S/C18H24N6O2/c1-13-11-15(25)23-18(22-13)21-8-7-20-17(26)16(24-9-2-3-10-24)14-5-4-6-19-12-14/h4-6,11-12,16H,2-3,7-10H2,1H3,(H,20,26)(H2,21,22,23,25). The zero-order valence-corrected chi connectivity index (χ0v) is 14.9. The molecule has 1 unspecified atom stereocenters. The number of carbonyl (C=O) groups excluding carboxylic acids is 1. The molecule has 0 bridgehead atoms. The largest absolute Gasteiger partial charge is 0.354 e. The summed E-state index contributed by atoms with van der Waals surface area (Å²) in [6.45, 7) is 4.50. The van der Waals surface area contributed by atoms with Gasteiger partial charge in [-0.05, 0) is 44.5 Å².